The van der Waals surface area contributed by atoms with Crippen molar-refractivity contribution in [1.29, 1.82) is 0 Å². The molecule has 2 aromatic rings. The monoisotopic (exact) mass is 367 g/mol. The van der Waals surface area contributed by atoms with Gasteiger partial charge in [0.2, 0.25) is 0 Å². The first kappa shape index (κ1) is 19.1. The van der Waals surface area contributed by atoms with E-state index in [1.165, 1.54) is 17.6 Å². The van der Waals surface area contributed by atoms with Gasteiger partial charge in [-0.1, -0.05) is 25.5 Å². The number of aromatic nitrogens is 2. The number of anilines is 2. The summed E-state index contributed by atoms with van der Waals surface area (Å²) in [6.07, 6.45) is 3.57. The van der Waals surface area contributed by atoms with E-state index in [2.05, 4.69) is 57.9 Å². The van der Waals surface area contributed by atoms with E-state index in [1.54, 1.807) is 4.90 Å². The van der Waals surface area contributed by atoms with Gasteiger partial charge in [-0.05, 0) is 31.0 Å². The molecule has 1 amide bonds. The second kappa shape index (κ2) is 8.84. The highest BCUT2D eigenvalue weighted by Crippen LogP contribution is 2.20. The minimum atomic E-state index is -0.0366. The second-order valence-electron chi connectivity index (χ2n) is 7.15. The topological polar surface area (TPSA) is 52.6 Å². The average Bonchev–Trinajstić information content (AvgIpc) is 2.71. The minimum absolute atomic E-state index is 0.0366. The van der Waals surface area contributed by atoms with Gasteiger partial charge in [-0.2, -0.15) is 0 Å². The maximum absolute atomic E-state index is 12.6. The van der Waals surface area contributed by atoms with Crippen LogP contribution in [0.15, 0.2) is 36.7 Å². The quantitative estimate of drug-likeness (QED) is 0.786. The van der Waals surface area contributed by atoms with E-state index in [4.69, 9.17) is 0 Å². The van der Waals surface area contributed by atoms with Crippen molar-refractivity contribution in [1.82, 2.24) is 14.9 Å². The fraction of sp³-hybridized carbons (Fsp3) is 0.476. The molecule has 0 aliphatic carbocycles. The summed E-state index contributed by atoms with van der Waals surface area (Å²) in [5, 5.41) is 0. The third-order valence-corrected chi connectivity index (χ3v) is 5.04. The van der Waals surface area contributed by atoms with Crippen LogP contribution >= 0.6 is 0 Å². The molecule has 0 bridgehead atoms. The SMILES string of the molecule is CCCCN(C)C(=O)c1cc(N2CCN(c3cccc(C)c3)CC2)ncn1. The lowest BCUT2D eigenvalue weighted by Gasteiger charge is -2.36. The van der Waals surface area contributed by atoms with Crippen molar-refractivity contribution in [3.8, 4) is 0 Å². The molecule has 1 saturated heterocycles. The van der Waals surface area contributed by atoms with Crippen LogP contribution in [0.25, 0.3) is 0 Å². The molecular formula is C21H29N5O. The van der Waals surface area contributed by atoms with Crippen LogP contribution in [0.2, 0.25) is 0 Å². The normalized spacial score (nSPS) is 14.3. The molecule has 1 aliphatic rings. The molecule has 0 unspecified atom stereocenters. The lowest BCUT2D eigenvalue weighted by molar-refractivity contribution is 0.0787. The minimum Gasteiger partial charge on any atom is -0.368 e. The van der Waals surface area contributed by atoms with E-state index in [1.807, 2.05) is 13.1 Å². The molecule has 27 heavy (non-hydrogen) atoms. The fourth-order valence-corrected chi connectivity index (χ4v) is 3.35. The van der Waals surface area contributed by atoms with Crippen molar-refractivity contribution in [2.75, 3.05) is 49.6 Å². The van der Waals surface area contributed by atoms with Crippen molar-refractivity contribution in [3.63, 3.8) is 0 Å². The summed E-state index contributed by atoms with van der Waals surface area (Å²) in [5.74, 6) is 0.798. The summed E-state index contributed by atoms with van der Waals surface area (Å²) >= 11 is 0. The molecule has 1 fully saturated rings. The molecule has 0 atom stereocenters. The molecule has 3 rings (SSSR count). The predicted octanol–water partition coefficient (Wildman–Crippen LogP) is 2.98. The summed E-state index contributed by atoms with van der Waals surface area (Å²) in [4.78, 5) is 27.5. The lowest BCUT2D eigenvalue weighted by Crippen LogP contribution is -2.47. The van der Waals surface area contributed by atoms with Gasteiger partial charge in [0.05, 0.1) is 0 Å². The highest BCUT2D eigenvalue weighted by Gasteiger charge is 2.20. The van der Waals surface area contributed by atoms with Gasteiger partial charge in [-0.25, -0.2) is 9.97 Å². The van der Waals surface area contributed by atoms with Crippen LogP contribution in [0.3, 0.4) is 0 Å². The Balaban J connectivity index is 1.64. The summed E-state index contributed by atoms with van der Waals surface area (Å²) in [6, 6.07) is 10.4. The molecule has 6 heteroatoms. The summed E-state index contributed by atoms with van der Waals surface area (Å²) in [7, 11) is 1.83. The van der Waals surface area contributed by atoms with Gasteiger partial charge in [0, 0.05) is 51.5 Å². The Bertz CT molecular complexity index is 771. The molecule has 6 nitrogen and oxygen atoms in total. The number of benzene rings is 1. The Morgan fingerprint density at radius 2 is 1.85 bits per heavy atom. The highest BCUT2D eigenvalue weighted by molar-refractivity contribution is 5.92. The Morgan fingerprint density at radius 3 is 2.56 bits per heavy atom. The molecule has 0 N–H and O–H groups in total. The molecule has 1 aromatic carbocycles. The smallest absolute Gasteiger partial charge is 0.272 e. The van der Waals surface area contributed by atoms with Crippen molar-refractivity contribution in [3.05, 3.63) is 47.9 Å². The van der Waals surface area contributed by atoms with Crippen LogP contribution in [0.5, 0.6) is 0 Å². The molecule has 0 spiro atoms. The van der Waals surface area contributed by atoms with Crippen LogP contribution in [0.1, 0.15) is 35.8 Å². The Labute approximate surface area is 161 Å². The number of aryl methyl sites for hydroxylation is 1. The number of unbranched alkanes of at least 4 members (excludes halogenated alkanes) is 1. The van der Waals surface area contributed by atoms with Crippen LogP contribution < -0.4 is 9.80 Å². The zero-order valence-corrected chi connectivity index (χ0v) is 16.6. The molecule has 1 aliphatic heterocycles. The third-order valence-electron chi connectivity index (χ3n) is 5.04. The van der Waals surface area contributed by atoms with Crippen LogP contribution in [0, 0.1) is 6.92 Å². The number of piperazine rings is 1. The maximum Gasteiger partial charge on any atom is 0.272 e. The van der Waals surface area contributed by atoms with Gasteiger partial charge in [0.15, 0.2) is 0 Å². The molecule has 0 radical (unpaired) electrons. The van der Waals surface area contributed by atoms with E-state index in [-0.39, 0.29) is 5.91 Å². The number of carbonyl (C=O) groups excluding carboxylic acids is 1. The Hall–Kier alpha value is -2.63. The predicted molar refractivity (Wildman–Crippen MR) is 110 cm³/mol. The van der Waals surface area contributed by atoms with Gasteiger partial charge in [0.25, 0.3) is 5.91 Å². The largest absolute Gasteiger partial charge is 0.368 e. The number of nitrogens with zero attached hydrogens (tertiary/aromatic N) is 5. The summed E-state index contributed by atoms with van der Waals surface area (Å²) in [6.45, 7) is 8.63. The standard InChI is InChI=1S/C21H29N5O/c1-4-5-9-24(3)21(27)19-15-20(23-16-22-19)26-12-10-25(11-13-26)18-8-6-7-17(2)14-18/h6-8,14-16H,4-5,9-13H2,1-3H3. The molecule has 144 valence electrons. The van der Waals surface area contributed by atoms with E-state index in [0.717, 1.165) is 51.4 Å². The second-order valence-corrected chi connectivity index (χ2v) is 7.15. The Morgan fingerprint density at radius 1 is 1.11 bits per heavy atom. The first-order valence-corrected chi connectivity index (χ1v) is 9.72. The van der Waals surface area contributed by atoms with Gasteiger partial charge in [0.1, 0.15) is 17.8 Å². The van der Waals surface area contributed by atoms with Crippen molar-refractivity contribution in [2.24, 2.45) is 0 Å². The molecular weight excluding hydrogens is 338 g/mol. The summed E-state index contributed by atoms with van der Waals surface area (Å²) in [5.41, 5.74) is 3.02. The number of hydrogen-bond donors (Lipinski definition) is 0. The van der Waals surface area contributed by atoms with Gasteiger partial charge >= 0.3 is 0 Å². The van der Waals surface area contributed by atoms with Crippen LogP contribution in [0.4, 0.5) is 11.5 Å². The van der Waals surface area contributed by atoms with Crippen molar-refractivity contribution in [2.45, 2.75) is 26.7 Å². The zero-order chi connectivity index (χ0) is 19.2. The molecule has 2 heterocycles. The highest BCUT2D eigenvalue weighted by atomic mass is 16.2. The van der Waals surface area contributed by atoms with Crippen molar-refractivity contribution < 1.29 is 4.79 Å². The number of hydrogen-bond acceptors (Lipinski definition) is 5. The summed E-state index contributed by atoms with van der Waals surface area (Å²) < 4.78 is 0. The third kappa shape index (κ3) is 4.76. The number of carbonyl (C=O) groups is 1. The Kier molecular flexibility index (Phi) is 6.27. The average molecular weight is 367 g/mol. The van der Waals surface area contributed by atoms with Crippen LogP contribution in [-0.2, 0) is 0 Å². The first-order valence-electron chi connectivity index (χ1n) is 9.72. The lowest BCUT2D eigenvalue weighted by atomic mass is 10.2. The van der Waals surface area contributed by atoms with Gasteiger partial charge in [-0.3, -0.25) is 4.79 Å². The van der Waals surface area contributed by atoms with Crippen LogP contribution in [-0.4, -0.2) is 60.5 Å². The fourth-order valence-electron chi connectivity index (χ4n) is 3.35. The number of amides is 1. The number of rotatable bonds is 6. The van der Waals surface area contributed by atoms with Gasteiger partial charge < -0.3 is 14.7 Å². The van der Waals surface area contributed by atoms with Gasteiger partial charge in [-0.15, -0.1) is 0 Å². The maximum atomic E-state index is 12.6. The van der Waals surface area contributed by atoms with E-state index in [9.17, 15) is 4.79 Å². The molecule has 0 saturated carbocycles. The first-order chi connectivity index (χ1) is 13.1. The van der Waals surface area contributed by atoms with E-state index in [0.29, 0.717) is 5.69 Å². The van der Waals surface area contributed by atoms with E-state index < -0.39 is 0 Å². The zero-order valence-electron chi connectivity index (χ0n) is 16.6. The molecule has 1 aromatic heterocycles. The van der Waals surface area contributed by atoms with E-state index >= 15 is 0 Å². The van der Waals surface area contributed by atoms with Crippen molar-refractivity contribution >= 4 is 17.4 Å².